The van der Waals surface area contributed by atoms with Gasteiger partial charge in [-0.2, -0.15) is 0 Å². The summed E-state index contributed by atoms with van der Waals surface area (Å²) in [5, 5.41) is 0. The Morgan fingerprint density at radius 1 is 0.974 bits per heavy atom. The van der Waals surface area contributed by atoms with Crippen LogP contribution in [0.3, 0.4) is 0 Å². The first-order valence-corrected chi connectivity index (χ1v) is 14.7. The number of amides is 1. The van der Waals surface area contributed by atoms with Crippen LogP contribution in [0.2, 0.25) is 0 Å². The molecule has 1 aromatic carbocycles. The summed E-state index contributed by atoms with van der Waals surface area (Å²) < 4.78 is 15.5. The van der Waals surface area contributed by atoms with E-state index in [0.29, 0.717) is 52.4 Å². The molecule has 7 nitrogen and oxygen atoms in total. The van der Waals surface area contributed by atoms with Crippen molar-refractivity contribution in [3.63, 3.8) is 0 Å². The number of hydrogen-bond donors (Lipinski definition) is 0. The molecule has 0 atom stereocenters. The fourth-order valence-electron chi connectivity index (χ4n) is 5.71. The number of benzene rings is 1. The van der Waals surface area contributed by atoms with Gasteiger partial charge in [0.25, 0.3) is 11.5 Å². The van der Waals surface area contributed by atoms with Gasteiger partial charge in [0, 0.05) is 44.1 Å². The molecule has 3 fully saturated rings. The van der Waals surface area contributed by atoms with Gasteiger partial charge in [0.05, 0.1) is 10.5 Å². The first kappa shape index (κ1) is 26.0. The molecule has 3 aromatic rings. The van der Waals surface area contributed by atoms with E-state index in [1.807, 2.05) is 19.1 Å². The van der Waals surface area contributed by atoms with E-state index >= 15 is 0 Å². The first-order chi connectivity index (χ1) is 18.9. The Balaban J connectivity index is 1.35. The highest BCUT2D eigenvalue weighted by molar-refractivity contribution is 8.26. The molecule has 0 unspecified atom stereocenters. The van der Waals surface area contributed by atoms with Crippen LogP contribution in [0.1, 0.15) is 43.2 Å². The van der Waals surface area contributed by atoms with Crippen LogP contribution in [0.25, 0.3) is 11.7 Å². The van der Waals surface area contributed by atoms with Gasteiger partial charge >= 0.3 is 0 Å². The molecule has 1 aliphatic carbocycles. The summed E-state index contributed by atoms with van der Waals surface area (Å²) in [5.41, 5.74) is 2.67. The lowest BCUT2D eigenvalue weighted by molar-refractivity contribution is -0.124. The molecule has 1 saturated carbocycles. The van der Waals surface area contributed by atoms with Crippen LogP contribution in [-0.4, -0.2) is 56.7 Å². The number of hydrogen-bond acceptors (Lipinski definition) is 7. The summed E-state index contributed by atoms with van der Waals surface area (Å²) >= 11 is 6.91. The lowest BCUT2D eigenvalue weighted by Gasteiger charge is -2.37. The Morgan fingerprint density at radius 3 is 2.38 bits per heavy atom. The van der Waals surface area contributed by atoms with Crippen molar-refractivity contribution < 1.29 is 9.18 Å². The minimum atomic E-state index is -0.257. The summed E-state index contributed by atoms with van der Waals surface area (Å²) in [4.78, 5) is 38.9. The quantitative estimate of drug-likeness (QED) is 0.327. The van der Waals surface area contributed by atoms with E-state index in [2.05, 4.69) is 9.80 Å². The van der Waals surface area contributed by atoms with Gasteiger partial charge in [0.15, 0.2) is 0 Å². The van der Waals surface area contributed by atoms with Crippen molar-refractivity contribution in [2.45, 2.75) is 45.1 Å². The van der Waals surface area contributed by atoms with Gasteiger partial charge in [-0.05, 0) is 61.7 Å². The number of pyridine rings is 1. The Labute approximate surface area is 236 Å². The molecule has 0 radical (unpaired) electrons. The molecule has 0 N–H and O–H groups in total. The lowest BCUT2D eigenvalue weighted by atomic mass is 9.94. The van der Waals surface area contributed by atoms with Gasteiger partial charge in [-0.15, -0.1) is 0 Å². The van der Waals surface area contributed by atoms with Gasteiger partial charge in [0.1, 0.15) is 21.6 Å². The van der Waals surface area contributed by atoms with E-state index in [0.717, 1.165) is 36.9 Å². The average Bonchev–Trinajstić information content (AvgIpc) is 3.23. The number of carbonyl (C=O) groups excluding carboxylic acids is 1. The van der Waals surface area contributed by atoms with Crippen molar-refractivity contribution in [2.75, 3.05) is 36.0 Å². The van der Waals surface area contributed by atoms with Crippen molar-refractivity contribution in [3.8, 4) is 0 Å². The summed E-state index contributed by atoms with van der Waals surface area (Å²) in [6.07, 6.45) is 8.80. The maximum absolute atomic E-state index is 13.9. The topological polar surface area (TPSA) is 61.2 Å². The van der Waals surface area contributed by atoms with E-state index in [4.69, 9.17) is 17.2 Å². The standard InChI is InChI=1S/C29H30FN5O2S2/c1-19-7-12-25-31-26(33-15-13-32(14-16-33)21-10-8-20(30)9-11-21)23(27(36)34(25)18-19)17-24-28(37)35(29(38)39-24)22-5-3-2-4-6-22/h7-12,17-18,22H,2-6,13-16H2,1H3/b24-17+. The maximum atomic E-state index is 13.9. The van der Waals surface area contributed by atoms with Gasteiger partial charge in [-0.1, -0.05) is 49.3 Å². The third kappa shape index (κ3) is 5.07. The van der Waals surface area contributed by atoms with E-state index in [1.165, 1.54) is 30.3 Å². The monoisotopic (exact) mass is 563 g/mol. The maximum Gasteiger partial charge on any atom is 0.267 e. The zero-order valence-corrected chi connectivity index (χ0v) is 23.4. The molecule has 2 aliphatic heterocycles. The predicted octanol–water partition coefficient (Wildman–Crippen LogP) is 5.00. The van der Waals surface area contributed by atoms with Gasteiger partial charge < -0.3 is 9.80 Å². The molecule has 0 spiro atoms. The summed E-state index contributed by atoms with van der Waals surface area (Å²) in [7, 11) is 0. The van der Waals surface area contributed by atoms with Crippen LogP contribution in [0, 0.1) is 12.7 Å². The van der Waals surface area contributed by atoms with E-state index in [1.54, 1.807) is 33.7 Å². The first-order valence-electron chi connectivity index (χ1n) is 13.4. The third-order valence-corrected chi connectivity index (χ3v) is 9.13. The zero-order valence-electron chi connectivity index (χ0n) is 21.8. The Kier molecular flexibility index (Phi) is 7.16. The van der Waals surface area contributed by atoms with E-state index in [9.17, 15) is 14.0 Å². The number of halogens is 1. The molecule has 39 heavy (non-hydrogen) atoms. The van der Waals surface area contributed by atoms with Crippen LogP contribution in [-0.2, 0) is 4.79 Å². The molecule has 10 heteroatoms. The van der Waals surface area contributed by atoms with Crippen molar-refractivity contribution in [1.29, 1.82) is 0 Å². The van der Waals surface area contributed by atoms with Gasteiger partial charge in [0.2, 0.25) is 0 Å². The smallest absolute Gasteiger partial charge is 0.267 e. The fraction of sp³-hybridized carbons (Fsp3) is 0.379. The highest BCUT2D eigenvalue weighted by Gasteiger charge is 2.38. The second kappa shape index (κ2) is 10.7. The zero-order chi connectivity index (χ0) is 27.1. The van der Waals surface area contributed by atoms with Crippen LogP contribution >= 0.6 is 24.0 Å². The van der Waals surface area contributed by atoms with E-state index in [-0.39, 0.29) is 23.3 Å². The Bertz CT molecular complexity index is 1520. The highest BCUT2D eigenvalue weighted by atomic mass is 32.2. The number of carbonyl (C=O) groups is 1. The molecule has 1 amide bonds. The number of aromatic nitrogens is 2. The second-order valence-corrected chi connectivity index (χ2v) is 12.1. The number of anilines is 2. The Morgan fingerprint density at radius 2 is 1.67 bits per heavy atom. The number of thiocarbonyl (C=S) groups is 1. The molecular weight excluding hydrogens is 533 g/mol. The minimum absolute atomic E-state index is 0.113. The van der Waals surface area contributed by atoms with Crippen molar-refractivity contribution in [1.82, 2.24) is 14.3 Å². The van der Waals surface area contributed by atoms with Crippen molar-refractivity contribution in [2.24, 2.45) is 0 Å². The Hall–Kier alpha value is -3.24. The average molecular weight is 564 g/mol. The fourth-order valence-corrected chi connectivity index (χ4v) is 7.09. The van der Waals surface area contributed by atoms with Crippen molar-refractivity contribution >= 4 is 57.4 Å². The molecule has 6 rings (SSSR count). The molecule has 4 heterocycles. The largest absolute Gasteiger partial charge is 0.368 e. The normalized spacial score (nSPS) is 20.1. The molecular formula is C29H30FN5O2S2. The summed E-state index contributed by atoms with van der Waals surface area (Å²) in [6.45, 7) is 4.60. The molecule has 3 aliphatic rings. The lowest BCUT2D eigenvalue weighted by Crippen LogP contribution is -2.47. The van der Waals surface area contributed by atoms with Gasteiger partial charge in [-0.25, -0.2) is 9.37 Å². The van der Waals surface area contributed by atoms with Crippen molar-refractivity contribution in [3.05, 3.63) is 74.8 Å². The van der Waals surface area contributed by atoms with Crippen LogP contribution in [0.4, 0.5) is 15.9 Å². The number of thioether (sulfide) groups is 1. The van der Waals surface area contributed by atoms with Crippen LogP contribution in [0.15, 0.2) is 52.3 Å². The summed E-state index contributed by atoms with van der Waals surface area (Å²) in [5.74, 6) is 0.204. The molecule has 2 aromatic heterocycles. The van der Waals surface area contributed by atoms with Crippen LogP contribution in [0.5, 0.6) is 0 Å². The summed E-state index contributed by atoms with van der Waals surface area (Å²) in [6, 6.07) is 10.4. The highest BCUT2D eigenvalue weighted by Crippen LogP contribution is 2.38. The van der Waals surface area contributed by atoms with E-state index < -0.39 is 0 Å². The number of fused-ring (bicyclic) bond motifs is 1. The predicted molar refractivity (Wildman–Crippen MR) is 159 cm³/mol. The number of rotatable bonds is 4. The molecule has 0 bridgehead atoms. The number of piperazine rings is 1. The van der Waals surface area contributed by atoms with Crippen LogP contribution < -0.4 is 15.4 Å². The second-order valence-electron chi connectivity index (χ2n) is 10.4. The molecule has 2 saturated heterocycles. The third-order valence-electron chi connectivity index (χ3n) is 7.80. The van der Waals surface area contributed by atoms with Gasteiger partial charge in [-0.3, -0.25) is 18.9 Å². The number of nitrogens with zero attached hydrogens (tertiary/aromatic N) is 5. The molecule has 202 valence electrons. The SMILES string of the molecule is Cc1ccc2nc(N3CCN(c4ccc(F)cc4)CC3)c(/C=C3/SC(=S)N(C4CCCCC4)C3=O)c(=O)n2c1. The minimum Gasteiger partial charge on any atom is -0.368 e. The number of aryl methyl sites for hydroxylation is 1.